The fourth-order valence-electron chi connectivity index (χ4n) is 5.27. The predicted molar refractivity (Wildman–Crippen MR) is 80.8 cm³/mol. The van der Waals surface area contributed by atoms with E-state index in [0.717, 1.165) is 35.8 Å². The van der Waals surface area contributed by atoms with Gasteiger partial charge in [-0.3, -0.25) is 10.1 Å². The Bertz CT molecular complexity index is 529. The van der Waals surface area contributed by atoms with E-state index in [9.17, 15) is 10.1 Å². The molecule has 4 saturated carbocycles. The van der Waals surface area contributed by atoms with Crippen molar-refractivity contribution in [2.45, 2.75) is 44.7 Å². The third-order valence-electron chi connectivity index (χ3n) is 5.89. The Morgan fingerprint density at radius 1 is 1.10 bits per heavy atom. The van der Waals surface area contributed by atoms with Crippen LogP contribution in [0.1, 0.15) is 37.7 Å². The van der Waals surface area contributed by atoms with Gasteiger partial charge in [0.1, 0.15) is 0 Å². The molecule has 0 spiro atoms. The molecule has 0 saturated heterocycles. The maximum absolute atomic E-state index is 10.8. The topological polar surface area (TPSA) is 55.2 Å². The number of hydrogen-bond donors (Lipinski definition) is 1. The minimum Gasteiger partial charge on any atom is -0.309 e. The molecule has 1 aromatic rings. The molecule has 112 valence electrons. The molecule has 1 aromatic carbocycles. The third-order valence-corrected chi connectivity index (χ3v) is 5.89. The van der Waals surface area contributed by atoms with E-state index in [-0.39, 0.29) is 10.6 Å². The van der Waals surface area contributed by atoms with Crippen LogP contribution in [0.3, 0.4) is 0 Å². The van der Waals surface area contributed by atoms with Crippen molar-refractivity contribution in [2.75, 3.05) is 0 Å². The average Bonchev–Trinajstić information content (AvgIpc) is 2.46. The van der Waals surface area contributed by atoms with Crippen molar-refractivity contribution in [1.29, 1.82) is 0 Å². The van der Waals surface area contributed by atoms with E-state index in [0.29, 0.717) is 6.04 Å². The van der Waals surface area contributed by atoms with Crippen molar-refractivity contribution in [3.63, 3.8) is 0 Å². The second-order valence-electron chi connectivity index (χ2n) is 7.26. The summed E-state index contributed by atoms with van der Waals surface area (Å²) in [7, 11) is 0. The summed E-state index contributed by atoms with van der Waals surface area (Å²) in [5.41, 5.74) is 1.22. The molecule has 4 aliphatic rings. The van der Waals surface area contributed by atoms with Gasteiger partial charge in [0.15, 0.2) is 0 Å². The van der Waals surface area contributed by atoms with Gasteiger partial charge >= 0.3 is 0 Å². The predicted octanol–water partition coefficient (Wildman–Crippen LogP) is 3.51. The van der Waals surface area contributed by atoms with Crippen molar-refractivity contribution < 1.29 is 4.92 Å². The zero-order valence-corrected chi connectivity index (χ0v) is 12.2. The molecule has 0 atom stereocenters. The molecule has 0 amide bonds. The van der Waals surface area contributed by atoms with Crippen LogP contribution in [0.2, 0.25) is 0 Å². The summed E-state index contributed by atoms with van der Waals surface area (Å²) in [6.45, 7) is 0.759. The van der Waals surface area contributed by atoms with Crippen molar-refractivity contribution in [2.24, 2.45) is 23.7 Å². The molecule has 0 heterocycles. The lowest BCUT2D eigenvalue weighted by Gasteiger charge is -2.54. The van der Waals surface area contributed by atoms with Crippen molar-refractivity contribution in [1.82, 2.24) is 5.32 Å². The van der Waals surface area contributed by atoms with Crippen molar-refractivity contribution in [3.05, 3.63) is 39.9 Å². The van der Waals surface area contributed by atoms with E-state index in [1.165, 1.54) is 32.1 Å². The summed E-state index contributed by atoms with van der Waals surface area (Å²) in [5, 5.41) is 14.6. The van der Waals surface area contributed by atoms with Gasteiger partial charge in [0.25, 0.3) is 5.69 Å². The van der Waals surface area contributed by atoms with E-state index >= 15 is 0 Å². The number of benzene rings is 1. The monoisotopic (exact) mass is 286 g/mol. The van der Waals surface area contributed by atoms with Gasteiger partial charge < -0.3 is 5.32 Å². The van der Waals surface area contributed by atoms with E-state index in [1.807, 2.05) is 6.07 Å². The Morgan fingerprint density at radius 3 is 2.38 bits per heavy atom. The summed E-state index contributed by atoms with van der Waals surface area (Å²) in [6.07, 6.45) is 7.09. The molecule has 1 N–H and O–H groups in total. The fourth-order valence-corrected chi connectivity index (χ4v) is 5.27. The van der Waals surface area contributed by atoms with Crippen molar-refractivity contribution >= 4 is 5.69 Å². The van der Waals surface area contributed by atoms with Gasteiger partial charge in [0, 0.05) is 24.7 Å². The molecular formula is C17H22N2O2. The zero-order valence-electron chi connectivity index (χ0n) is 12.2. The fraction of sp³-hybridized carbons (Fsp3) is 0.647. The van der Waals surface area contributed by atoms with Gasteiger partial charge in [-0.1, -0.05) is 12.1 Å². The lowest BCUT2D eigenvalue weighted by atomic mass is 9.54. The third kappa shape index (κ3) is 2.46. The minimum atomic E-state index is -0.313. The number of hydrogen-bond acceptors (Lipinski definition) is 3. The highest BCUT2D eigenvalue weighted by Gasteiger charge is 2.47. The second kappa shape index (κ2) is 5.09. The van der Waals surface area contributed by atoms with E-state index in [4.69, 9.17) is 0 Å². The number of rotatable bonds is 4. The van der Waals surface area contributed by atoms with E-state index in [2.05, 4.69) is 5.32 Å². The summed E-state index contributed by atoms with van der Waals surface area (Å²) in [5.74, 6) is 3.67. The first-order valence-electron chi connectivity index (χ1n) is 8.16. The highest BCUT2D eigenvalue weighted by atomic mass is 16.6. The Morgan fingerprint density at radius 2 is 1.76 bits per heavy atom. The van der Waals surface area contributed by atoms with Gasteiger partial charge in [-0.25, -0.2) is 0 Å². The Labute approximate surface area is 125 Å². The van der Waals surface area contributed by atoms with Gasteiger partial charge in [-0.05, 0) is 61.3 Å². The van der Waals surface area contributed by atoms with Gasteiger partial charge in [0.05, 0.1) is 4.92 Å². The summed E-state index contributed by atoms with van der Waals surface area (Å²) in [4.78, 5) is 10.5. The van der Waals surface area contributed by atoms with Crippen LogP contribution in [0.15, 0.2) is 24.3 Å². The number of non-ortho nitro benzene ring substituents is 1. The van der Waals surface area contributed by atoms with Gasteiger partial charge in [-0.2, -0.15) is 0 Å². The molecule has 0 aliphatic heterocycles. The molecule has 0 radical (unpaired) electrons. The molecule has 4 fully saturated rings. The largest absolute Gasteiger partial charge is 0.309 e. The smallest absolute Gasteiger partial charge is 0.269 e. The van der Waals surface area contributed by atoms with E-state index < -0.39 is 0 Å². The molecule has 4 aliphatic carbocycles. The van der Waals surface area contributed by atoms with E-state index in [1.54, 1.807) is 18.2 Å². The first-order valence-corrected chi connectivity index (χ1v) is 8.16. The van der Waals surface area contributed by atoms with Gasteiger partial charge in [0.2, 0.25) is 0 Å². The summed E-state index contributed by atoms with van der Waals surface area (Å²) < 4.78 is 0. The Hall–Kier alpha value is -1.42. The molecule has 21 heavy (non-hydrogen) atoms. The van der Waals surface area contributed by atoms with Crippen LogP contribution >= 0.6 is 0 Å². The maximum Gasteiger partial charge on any atom is 0.269 e. The van der Waals surface area contributed by atoms with Gasteiger partial charge in [-0.15, -0.1) is 0 Å². The molecule has 4 nitrogen and oxygen atoms in total. The Kier molecular flexibility index (Phi) is 3.21. The molecule has 4 bridgehead atoms. The average molecular weight is 286 g/mol. The van der Waals surface area contributed by atoms with Crippen LogP contribution in [-0.2, 0) is 6.54 Å². The quantitative estimate of drug-likeness (QED) is 0.680. The number of nitrogens with zero attached hydrogens (tertiary/aromatic N) is 1. The first kappa shape index (κ1) is 13.3. The Balaban J connectivity index is 1.43. The zero-order chi connectivity index (χ0) is 14.4. The number of nitrogens with one attached hydrogen (secondary N) is 1. The highest BCUT2D eigenvalue weighted by molar-refractivity contribution is 5.34. The van der Waals surface area contributed by atoms with Crippen LogP contribution in [0, 0.1) is 33.8 Å². The lowest BCUT2D eigenvalue weighted by molar-refractivity contribution is -0.384. The summed E-state index contributed by atoms with van der Waals surface area (Å²) in [6, 6.07) is 7.66. The number of nitro benzene ring substituents is 1. The summed E-state index contributed by atoms with van der Waals surface area (Å²) >= 11 is 0. The van der Waals surface area contributed by atoms with Crippen molar-refractivity contribution in [3.8, 4) is 0 Å². The maximum atomic E-state index is 10.8. The molecular weight excluding hydrogens is 264 g/mol. The highest BCUT2D eigenvalue weighted by Crippen LogP contribution is 2.53. The van der Waals surface area contributed by atoms with Crippen LogP contribution in [0.25, 0.3) is 0 Å². The second-order valence-corrected chi connectivity index (χ2v) is 7.26. The van der Waals surface area contributed by atoms with Crippen LogP contribution in [0.5, 0.6) is 0 Å². The molecule has 5 rings (SSSR count). The van der Waals surface area contributed by atoms with Crippen LogP contribution < -0.4 is 5.32 Å². The molecule has 0 aromatic heterocycles. The number of nitro groups is 1. The minimum absolute atomic E-state index is 0.194. The standard InChI is InChI=1S/C17H22N2O2/c20-19(21)16-3-1-2-11(9-16)10-18-17-14-5-12-4-13(7-14)8-15(17)6-12/h1-3,9,12-15,17-18H,4-8,10H2. The van der Waals surface area contributed by atoms with Crippen LogP contribution in [0.4, 0.5) is 5.69 Å². The first-order chi connectivity index (χ1) is 10.2. The normalized spacial score (nSPS) is 36.9. The molecule has 0 unspecified atom stereocenters. The lowest BCUT2D eigenvalue weighted by Crippen LogP contribution is -2.54. The SMILES string of the molecule is O=[N+]([O-])c1cccc(CNC2C3CC4CC(C3)CC2C4)c1. The molecule has 4 heteroatoms. The van der Waals surface area contributed by atoms with Crippen LogP contribution in [-0.4, -0.2) is 11.0 Å².